The molecule has 0 N–H and O–H groups in total. The van der Waals surface area contributed by atoms with Crippen LogP contribution >= 0.6 is 7.82 Å². The van der Waals surface area contributed by atoms with Crippen LogP contribution in [0.2, 0.25) is 0 Å². The Morgan fingerprint density at radius 3 is 2.12 bits per heavy atom. The molecule has 100 valence electrons. The summed E-state index contributed by atoms with van der Waals surface area (Å²) in [5.41, 5.74) is 0. The summed E-state index contributed by atoms with van der Waals surface area (Å²) in [6.07, 6.45) is 2.59. The Hall–Kier alpha value is -0.680. The second-order valence-corrected chi connectivity index (χ2v) is 4.40. The second kappa shape index (κ2) is 9.36. The summed E-state index contributed by atoms with van der Waals surface area (Å²) in [6.45, 7) is 5.78. The summed E-state index contributed by atoms with van der Waals surface area (Å²) >= 11 is 0. The first kappa shape index (κ1) is 16.3. The van der Waals surface area contributed by atoms with Crippen LogP contribution in [-0.4, -0.2) is 32.4 Å². The van der Waals surface area contributed by atoms with Gasteiger partial charge >= 0.3 is 13.8 Å². The Morgan fingerprint density at radius 1 is 1.06 bits per heavy atom. The number of phosphoric acid groups is 1. The number of carbonyl (C=O) groups is 1. The monoisotopic (exact) mass is 266 g/mol. The Kier molecular flexibility index (Phi) is 8.99. The molecule has 0 saturated heterocycles. The van der Waals surface area contributed by atoms with Crippen molar-refractivity contribution in [2.45, 2.75) is 20.8 Å². The van der Waals surface area contributed by atoms with Gasteiger partial charge in [0.2, 0.25) is 0 Å². The molecule has 6 nitrogen and oxygen atoms in total. The maximum absolute atomic E-state index is 11.8. The molecule has 0 bridgehead atoms. The van der Waals surface area contributed by atoms with E-state index >= 15 is 0 Å². The van der Waals surface area contributed by atoms with Crippen LogP contribution in [0.25, 0.3) is 0 Å². The maximum atomic E-state index is 11.8. The van der Waals surface area contributed by atoms with Crippen LogP contribution < -0.4 is 0 Å². The van der Waals surface area contributed by atoms with Crippen molar-refractivity contribution in [3.8, 4) is 0 Å². The third kappa shape index (κ3) is 8.10. The van der Waals surface area contributed by atoms with Crippen LogP contribution in [0.3, 0.4) is 0 Å². The quantitative estimate of drug-likeness (QED) is 0.362. The van der Waals surface area contributed by atoms with Crippen molar-refractivity contribution in [2.75, 3.05) is 26.4 Å². The van der Waals surface area contributed by atoms with Gasteiger partial charge in [0.05, 0.1) is 26.4 Å². The van der Waals surface area contributed by atoms with Crippen molar-refractivity contribution < 1.29 is 27.7 Å². The molecule has 17 heavy (non-hydrogen) atoms. The maximum Gasteiger partial charge on any atom is 0.475 e. The molecule has 0 amide bonds. The first-order valence-corrected chi connectivity index (χ1v) is 6.91. The molecule has 0 radical (unpaired) electrons. The van der Waals surface area contributed by atoms with Gasteiger partial charge in [0, 0.05) is 6.08 Å². The van der Waals surface area contributed by atoms with Gasteiger partial charge in [-0.25, -0.2) is 9.36 Å². The zero-order valence-corrected chi connectivity index (χ0v) is 11.3. The lowest BCUT2D eigenvalue weighted by molar-refractivity contribution is -0.137. The lowest BCUT2D eigenvalue weighted by Crippen LogP contribution is -2.02. The first-order valence-electron chi connectivity index (χ1n) is 5.44. The molecule has 0 aliphatic heterocycles. The second-order valence-electron chi connectivity index (χ2n) is 2.73. The third-order valence-electron chi connectivity index (χ3n) is 1.44. The fourth-order valence-electron chi connectivity index (χ4n) is 0.897. The number of hydrogen-bond donors (Lipinski definition) is 0. The van der Waals surface area contributed by atoms with Gasteiger partial charge in [0.25, 0.3) is 0 Å². The number of esters is 1. The smallest absolute Gasteiger partial charge is 0.463 e. The molecule has 0 aliphatic carbocycles. The standard InChI is InChI=1S/C10H19O6P/c1-4-13-10(11)8-7-9-16-17(12,14-5-2)15-6-3/h7-8H,4-6,9H2,1-3H3. The van der Waals surface area contributed by atoms with E-state index in [1.807, 2.05) is 0 Å². The highest BCUT2D eigenvalue weighted by atomic mass is 31.2. The van der Waals surface area contributed by atoms with Gasteiger partial charge in [0.15, 0.2) is 0 Å². The summed E-state index contributed by atoms with van der Waals surface area (Å²) in [7, 11) is -3.50. The van der Waals surface area contributed by atoms with Crippen LogP contribution in [0.15, 0.2) is 12.2 Å². The number of ether oxygens (including phenoxy) is 1. The topological polar surface area (TPSA) is 71.1 Å². The molecule has 0 fully saturated rings. The molecule has 0 saturated carbocycles. The predicted molar refractivity (Wildman–Crippen MR) is 62.6 cm³/mol. The highest BCUT2D eigenvalue weighted by molar-refractivity contribution is 7.48. The van der Waals surface area contributed by atoms with E-state index in [9.17, 15) is 9.36 Å². The summed E-state index contributed by atoms with van der Waals surface area (Å²) in [5.74, 6) is -0.473. The zero-order valence-electron chi connectivity index (χ0n) is 10.4. The summed E-state index contributed by atoms with van der Waals surface area (Å²) in [4.78, 5) is 10.9. The van der Waals surface area contributed by atoms with Crippen molar-refractivity contribution in [3.05, 3.63) is 12.2 Å². The molecule has 0 unspecified atom stereocenters. The molecule has 0 spiro atoms. The minimum Gasteiger partial charge on any atom is -0.463 e. The van der Waals surface area contributed by atoms with E-state index in [1.54, 1.807) is 20.8 Å². The fraction of sp³-hybridized carbons (Fsp3) is 0.700. The van der Waals surface area contributed by atoms with Crippen molar-refractivity contribution in [1.29, 1.82) is 0 Å². The van der Waals surface area contributed by atoms with Gasteiger partial charge < -0.3 is 4.74 Å². The van der Waals surface area contributed by atoms with E-state index in [4.69, 9.17) is 13.6 Å². The van der Waals surface area contributed by atoms with Gasteiger partial charge in [-0.15, -0.1) is 0 Å². The first-order chi connectivity index (χ1) is 8.08. The van der Waals surface area contributed by atoms with E-state index in [-0.39, 0.29) is 19.8 Å². The summed E-state index contributed by atoms with van der Waals surface area (Å²) in [6, 6.07) is 0. The van der Waals surface area contributed by atoms with Gasteiger partial charge in [-0.1, -0.05) is 6.08 Å². The van der Waals surface area contributed by atoms with Gasteiger partial charge in [0.1, 0.15) is 0 Å². The van der Waals surface area contributed by atoms with E-state index in [0.29, 0.717) is 6.61 Å². The average Bonchev–Trinajstić information content (AvgIpc) is 2.26. The van der Waals surface area contributed by atoms with E-state index in [1.165, 1.54) is 12.2 Å². The largest absolute Gasteiger partial charge is 0.475 e. The minimum absolute atomic E-state index is 0.0455. The normalized spacial score (nSPS) is 11.9. The van der Waals surface area contributed by atoms with Crippen LogP contribution in [0.4, 0.5) is 0 Å². The molecule has 0 aromatic heterocycles. The molecule has 0 atom stereocenters. The zero-order chi connectivity index (χ0) is 13.1. The summed E-state index contributed by atoms with van der Waals surface area (Å²) in [5, 5.41) is 0. The van der Waals surface area contributed by atoms with E-state index < -0.39 is 13.8 Å². The average molecular weight is 266 g/mol. The molecular weight excluding hydrogens is 247 g/mol. The molecule has 0 heterocycles. The number of phosphoric ester groups is 1. The van der Waals surface area contributed by atoms with Gasteiger partial charge in [-0.2, -0.15) is 0 Å². The molecule has 0 aromatic rings. The van der Waals surface area contributed by atoms with Crippen LogP contribution in [0, 0.1) is 0 Å². The van der Waals surface area contributed by atoms with Gasteiger partial charge in [-0.05, 0) is 20.8 Å². The fourth-order valence-corrected chi connectivity index (χ4v) is 2.02. The van der Waals surface area contributed by atoms with Crippen LogP contribution in [0.5, 0.6) is 0 Å². The highest BCUT2D eigenvalue weighted by Gasteiger charge is 2.24. The van der Waals surface area contributed by atoms with Crippen molar-refractivity contribution >= 4 is 13.8 Å². The molecular formula is C10H19O6P. The van der Waals surface area contributed by atoms with E-state index in [2.05, 4.69) is 4.74 Å². The number of rotatable bonds is 9. The Balaban J connectivity index is 4.05. The summed E-state index contributed by atoms with van der Waals surface area (Å²) < 4.78 is 31.1. The lowest BCUT2D eigenvalue weighted by atomic mass is 10.5. The Morgan fingerprint density at radius 2 is 1.65 bits per heavy atom. The van der Waals surface area contributed by atoms with E-state index in [0.717, 1.165) is 0 Å². The van der Waals surface area contributed by atoms with Crippen molar-refractivity contribution in [2.24, 2.45) is 0 Å². The SMILES string of the molecule is CCOC(=O)C=CCOP(=O)(OCC)OCC. The third-order valence-corrected chi connectivity index (χ3v) is 3.06. The Bertz CT molecular complexity index is 279. The number of hydrogen-bond acceptors (Lipinski definition) is 6. The molecule has 7 heteroatoms. The Labute approximate surface area is 101 Å². The lowest BCUT2D eigenvalue weighted by Gasteiger charge is -2.14. The molecule has 0 rings (SSSR count). The molecule has 0 aliphatic rings. The minimum atomic E-state index is -3.50. The van der Waals surface area contributed by atoms with Crippen LogP contribution in [-0.2, 0) is 27.7 Å². The van der Waals surface area contributed by atoms with Crippen molar-refractivity contribution in [3.63, 3.8) is 0 Å². The predicted octanol–water partition coefficient (Wildman–Crippen LogP) is 2.30. The highest BCUT2D eigenvalue weighted by Crippen LogP contribution is 2.48. The van der Waals surface area contributed by atoms with Crippen LogP contribution in [0.1, 0.15) is 20.8 Å². The van der Waals surface area contributed by atoms with Crippen molar-refractivity contribution in [1.82, 2.24) is 0 Å². The number of carbonyl (C=O) groups excluding carboxylic acids is 1. The molecule has 0 aromatic carbocycles. The van der Waals surface area contributed by atoms with Gasteiger partial charge in [-0.3, -0.25) is 13.6 Å².